The van der Waals surface area contributed by atoms with Gasteiger partial charge >= 0.3 is 5.97 Å². The van der Waals surface area contributed by atoms with Crippen LogP contribution in [0.3, 0.4) is 0 Å². The molecular formula is C21H25NO5S. The van der Waals surface area contributed by atoms with Gasteiger partial charge in [-0.05, 0) is 50.5 Å². The maximum atomic E-state index is 12.3. The molecule has 2 rings (SSSR count). The molecule has 1 amide bonds. The molecule has 0 saturated heterocycles. The molecule has 1 aromatic heterocycles. The van der Waals surface area contributed by atoms with E-state index in [0.29, 0.717) is 21.2 Å². The molecule has 0 aliphatic rings. The van der Waals surface area contributed by atoms with E-state index in [-0.39, 0.29) is 24.6 Å². The summed E-state index contributed by atoms with van der Waals surface area (Å²) < 4.78 is 10.6. The molecule has 0 saturated carbocycles. The van der Waals surface area contributed by atoms with Crippen molar-refractivity contribution in [3.8, 4) is 5.75 Å². The number of hydrogen-bond donors (Lipinski definition) is 1. The highest BCUT2D eigenvalue weighted by molar-refractivity contribution is 7.18. The minimum absolute atomic E-state index is 0.169. The van der Waals surface area contributed by atoms with Crippen LogP contribution in [0.2, 0.25) is 0 Å². The summed E-state index contributed by atoms with van der Waals surface area (Å²) in [5.41, 5.74) is 1.94. The lowest BCUT2D eigenvalue weighted by molar-refractivity contribution is -0.118. The van der Waals surface area contributed by atoms with Crippen LogP contribution in [0.1, 0.15) is 58.3 Å². The van der Waals surface area contributed by atoms with Crippen LogP contribution < -0.4 is 10.1 Å². The summed E-state index contributed by atoms with van der Waals surface area (Å²) in [6.07, 6.45) is 2.06. The zero-order valence-electron chi connectivity index (χ0n) is 16.6. The lowest BCUT2D eigenvalue weighted by atomic mass is 10.1. The van der Waals surface area contributed by atoms with Gasteiger partial charge in [-0.3, -0.25) is 9.59 Å². The van der Waals surface area contributed by atoms with Crippen LogP contribution in [0.25, 0.3) is 0 Å². The first kappa shape index (κ1) is 21.6. The zero-order valence-corrected chi connectivity index (χ0v) is 17.4. The molecule has 2 aromatic rings. The van der Waals surface area contributed by atoms with E-state index in [9.17, 15) is 14.4 Å². The van der Waals surface area contributed by atoms with Crippen molar-refractivity contribution >= 4 is 34.0 Å². The highest BCUT2D eigenvalue weighted by Crippen LogP contribution is 2.34. The molecule has 0 spiro atoms. The highest BCUT2D eigenvalue weighted by Gasteiger charge is 2.25. The van der Waals surface area contributed by atoms with E-state index in [4.69, 9.17) is 9.47 Å². The van der Waals surface area contributed by atoms with E-state index in [1.165, 1.54) is 12.5 Å². The molecule has 0 bridgehead atoms. The number of hydrogen-bond acceptors (Lipinski definition) is 6. The number of ketones is 1. The van der Waals surface area contributed by atoms with Gasteiger partial charge in [0.25, 0.3) is 5.91 Å². The summed E-state index contributed by atoms with van der Waals surface area (Å²) in [5, 5.41) is 2.97. The SMILES string of the molecule is CCCc1ccc(OCC(=O)Nc2sc(C(C)=O)c(C)c2C(=O)OCC)cc1. The number of amides is 1. The normalized spacial score (nSPS) is 10.4. The molecule has 7 heteroatoms. The third-order valence-corrected chi connectivity index (χ3v) is 5.34. The molecule has 0 atom stereocenters. The standard InChI is InChI=1S/C21H25NO5S/c1-5-7-15-8-10-16(11-9-15)27-12-17(24)22-20-18(21(25)26-6-2)13(3)19(28-20)14(4)23/h8-11H,5-7,12H2,1-4H3,(H,22,24). The van der Waals surface area contributed by atoms with Crippen molar-refractivity contribution in [3.05, 3.63) is 45.8 Å². The third-order valence-electron chi connectivity index (χ3n) is 4.03. The van der Waals surface area contributed by atoms with Crippen molar-refractivity contribution in [2.45, 2.75) is 40.5 Å². The van der Waals surface area contributed by atoms with Gasteiger partial charge in [-0.2, -0.15) is 0 Å². The molecule has 0 aliphatic heterocycles. The second-order valence-corrected chi connectivity index (χ2v) is 7.29. The lowest BCUT2D eigenvalue weighted by Crippen LogP contribution is -2.21. The molecule has 1 heterocycles. The Labute approximate surface area is 168 Å². The Bertz CT molecular complexity index is 854. The van der Waals surface area contributed by atoms with E-state index < -0.39 is 11.9 Å². The van der Waals surface area contributed by atoms with Gasteiger partial charge in [0.05, 0.1) is 17.0 Å². The van der Waals surface area contributed by atoms with E-state index >= 15 is 0 Å². The Morgan fingerprint density at radius 1 is 1.11 bits per heavy atom. The second kappa shape index (κ2) is 10.0. The molecule has 0 aliphatic carbocycles. The largest absolute Gasteiger partial charge is 0.484 e. The van der Waals surface area contributed by atoms with Crippen LogP contribution in [-0.2, 0) is 16.0 Å². The van der Waals surface area contributed by atoms with Crippen molar-refractivity contribution in [2.75, 3.05) is 18.5 Å². The Morgan fingerprint density at radius 2 is 1.79 bits per heavy atom. The summed E-state index contributed by atoms with van der Waals surface area (Å²) in [7, 11) is 0. The zero-order chi connectivity index (χ0) is 20.7. The molecule has 1 aromatic carbocycles. The number of thiophene rings is 1. The number of Topliss-reactive ketones (excluding diaryl/α,β-unsaturated/α-hetero) is 1. The molecule has 150 valence electrons. The van der Waals surface area contributed by atoms with Crippen molar-refractivity contribution < 1.29 is 23.9 Å². The third kappa shape index (κ3) is 5.42. The minimum Gasteiger partial charge on any atom is -0.484 e. The number of benzene rings is 1. The summed E-state index contributed by atoms with van der Waals surface area (Å²) in [6, 6.07) is 7.59. The minimum atomic E-state index is -0.563. The second-order valence-electron chi connectivity index (χ2n) is 6.27. The monoisotopic (exact) mass is 403 g/mol. The van der Waals surface area contributed by atoms with Gasteiger partial charge in [-0.25, -0.2) is 4.79 Å². The Balaban J connectivity index is 2.09. The topological polar surface area (TPSA) is 81.7 Å². The predicted octanol–water partition coefficient (Wildman–Crippen LogP) is 4.41. The first-order valence-electron chi connectivity index (χ1n) is 9.20. The Morgan fingerprint density at radius 3 is 2.36 bits per heavy atom. The van der Waals surface area contributed by atoms with Crippen LogP contribution in [0, 0.1) is 6.92 Å². The maximum Gasteiger partial charge on any atom is 0.341 e. The van der Waals surface area contributed by atoms with Gasteiger partial charge in [0.15, 0.2) is 12.4 Å². The van der Waals surface area contributed by atoms with Crippen LogP contribution >= 0.6 is 11.3 Å². The van der Waals surface area contributed by atoms with Crippen LogP contribution in [0.5, 0.6) is 5.75 Å². The molecule has 1 N–H and O–H groups in total. The molecule has 28 heavy (non-hydrogen) atoms. The predicted molar refractivity (Wildman–Crippen MR) is 110 cm³/mol. The van der Waals surface area contributed by atoms with E-state index in [0.717, 1.165) is 24.2 Å². The van der Waals surface area contributed by atoms with Crippen LogP contribution in [0.4, 0.5) is 5.00 Å². The summed E-state index contributed by atoms with van der Waals surface area (Å²) in [5.74, 6) is -0.560. The van der Waals surface area contributed by atoms with Gasteiger partial charge in [-0.15, -0.1) is 11.3 Å². The van der Waals surface area contributed by atoms with Crippen LogP contribution in [-0.4, -0.2) is 30.9 Å². The lowest BCUT2D eigenvalue weighted by Gasteiger charge is -2.09. The molecule has 0 radical (unpaired) electrons. The van der Waals surface area contributed by atoms with E-state index in [1.54, 1.807) is 13.8 Å². The van der Waals surface area contributed by atoms with Crippen molar-refractivity contribution in [3.63, 3.8) is 0 Å². The van der Waals surface area contributed by atoms with Gasteiger partial charge in [0.2, 0.25) is 0 Å². The first-order chi connectivity index (χ1) is 13.4. The fraction of sp³-hybridized carbons (Fsp3) is 0.381. The number of anilines is 1. The van der Waals surface area contributed by atoms with E-state index in [1.807, 2.05) is 24.3 Å². The van der Waals surface area contributed by atoms with E-state index in [2.05, 4.69) is 12.2 Å². The molecule has 0 unspecified atom stereocenters. The average Bonchev–Trinajstić information content (AvgIpc) is 2.98. The summed E-state index contributed by atoms with van der Waals surface area (Å²) in [4.78, 5) is 36.8. The number of esters is 1. The van der Waals surface area contributed by atoms with Gasteiger partial charge in [0.1, 0.15) is 10.8 Å². The number of carbonyl (C=O) groups is 3. The highest BCUT2D eigenvalue weighted by atomic mass is 32.1. The quantitative estimate of drug-likeness (QED) is 0.495. The van der Waals surface area contributed by atoms with Gasteiger partial charge in [-0.1, -0.05) is 25.5 Å². The van der Waals surface area contributed by atoms with Crippen LogP contribution in [0.15, 0.2) is 24.3 Å². The number of aryl methyl sites for hydroxylation is 1. The molecular weight excluding hydrogens is 378 g/mol. The number of nitrogens with one attached hydrogen (secondary N) is 1. The average molecular weight is 404 g/mol. The maximum absolute atomic E-state index is 12.3. The van der Waals surface area contributed by atoms with Crippen molar-refractivity contribution in [1.82, 2.24) is 0 Å². The molecule has 6 nitrogen and oxygen atoms in total. The number of ether oxygens (including phenoxy) is 2. The van der Waals surface area contributed by atoms with Gasteiger partial charge < -0.3 is 14.8 Å². The van der Waals surface area contributed by atoms with Crippen molar-refractivity contribution in [2.24, 2.45) is 0 Å². The first-order valence-corrected chi connectivity index (χ1v) is 10.0. The summed E-state index contributed by atoms with van der Waals surface area (Å²) in [6.45, 7) is 6.90. The van der Waals surface area contributed by atoms with Crippen molar-refractivity contribution in [1.29, 1.82) is 0 Å². The Kier molecular flexibility index (Phi) is 7.75. The van der Waals surface area contributed by atoms with Gasteiger partial charge in [0, 0.05) is 0 Å². The summed E-state index contributed by atoms with van der Waals surface area (Å²) >= 11 is 1.07. The fourth-order valence-electron chi connectivity index (χ4n) is 2.74. The smallest absolute Gasteiger partial charge is 0.341 e. The number of carbonyl (C=O) groups excluding carboxylic acids is 3. The Hall–Kier alpha value is -2.67. The fourth-order valence-corrected chi connectivity index (χ4v) is 3.85. The number of rotatable bonds is 9. The molecule has 0 fully saturated rings.